The smallest absolute Gasteiger partial charge is 0.0599 e. The van der Waals surface area contributed by atoms with Gasteiger partial charge in [-0.3, -0.25) is 9.80 Å². The monoisotopic (exact) mass is 310 g/mol. The maximum absolute atomic E-state index is 9.88. The lowest BCUT2D eigenvalue weighted by Gasteiger charge is -2.30. The molecule has 2 aromatic carbocycles. The van der Waals surface area contributed by atoms with Crippen LogP contribution in [0.3, 0.4) is 0 Å². The molecule has 0 aromatic heterocycles. The fourth-order valence-corrected chi connectivity index (χ4v) is 3.37. The van der Waals surface area contributed by atoms with Crippen molar-refractivity contribution in [2.75, 3.05) is 26.2 Å². The molecule has 0 aliphatic carbocycles. The first kappa shape index (κ1) is 16.2. The van der Waals surface area contributed by atoms with E-state index >= 15 is 0 Å². The molecule has 0 unspecified atom stereocenters. The second kappa shape index (κ2) is 8.25. The highest BCUT2D eigenvalue weighted by molar-refractivity contribution is 5.15. The molecule has 1 aliphatic rings. The predicted molar refractivity (Wildman–Crippen MR) is 94.1 cm³/mol. The van der Waals surface area contributed by atoms with E-state index in [2.05, 4.69) is 70.5 Å². The minimum atomic E-state index is 0.210. The van der Waals surface area contributed by atoms with Gasteiger partial charge in [0.15, 0.2) is 0 Å². The lowest BCUT2D eigenvalue weighted by molar-refractivity contribution is 0.105. The summed E-state index contributed by atoms with van der Waals surface area (Å²) in [5.74, 6) is 0. The van der Waals surface area contributed by atoms with Gasteiger partial charge >= 0.3 is 0 Å². The molecule has 0 saturated carbocycles. The SMILES string of the molecule is OC[C@H]1CN(Cc2ccccc2)CCCN1Cc1ccccc1. The highest BCUT2D eigenvalue weighted by atomic mass is 16.3. The van der Waals surface area contributed by atoms with E-state index in [0.29, 0.717) is 0 Å². The fourth-order valence-electron chi connectivity index (χ4n) is 3.37. The Balaban J connectivity index is 1.64. The minimum absolute atomic E-state index is 0.210. The average molecular weight is 310 g/mol. The predicted octanol–water partition coefficient (Wildman–Crippen LogP) is 2.76. The summed E-state index contributed by atoms with van der Waals surface area (Å²) in [5, 5.41) is 9.88. The van der Waals surface area contributed by atoms with Crippen molar-refractivity contribution in [2.45, 2.75) is 25.6 Å². The van der Waals surface area contributed by atoms with E-state index in [1.54, 1.807) is 0 Å². The number of aliphatic hydroxyl groups excluding tert-OH is 1. The minimum Gasteiger partial charge on any atom is -0.395 e. The third kappa shape index (κ3) is 4.64. The van der Waals surface area contributed by atoms with Crippen LogP contribution in [0.1, 0.15) is 17.5 Å². The van der Waals surface area contributed by atoms with Gasteiger partial charge in [-0.1, -0.05) is 60.7 Å². The van der Waals surface area contributed by atoms with E-state index in [-0.39, 0.29) is 12.6 Å². The molecule has 1 atom stereocenters. The van der Waals surface area contributed by atoms with E-state index in [0.717, 1.165) is 39.1 Å². The summed E-state index contributed by atoms with van der Waals surface area (Å²) in [6, 6.07) is 21.4. The van der Waals surface area contributed by atoms with Crippen LogP contribution in [-0.4, -0.2) is 47.2 Å². The van der Waals surface area contributed by atoms with Gasteiger partial charge in [0.2, 0.25) is 0 Å². The molecule has 23 heavy (non-hydrogen) atoms. The maximum atomic E-state index is 9.88. The molecule has 1 aliphatic heterocycles. The Morgan fingerprint density at radius 2 is 1.43 bits per heavy atom. The number of nitrogens with zero attached hydrogens (tertiary/aromatic N) is 2. The summed E-state index contributed by atoms with van der Waals surface area (Å²) in [4.78, 5) is 4.90. The van der Waals surface area contributed by atoms with Crippen molar-refractivity contribution >= 4 is 0 Å². The van der Waals surface area contributed by atoms with E-state index in [1.165, 1.54) is 11.1 Å². The quantitative estimate of drug-likeness (QED) is 0.920. The molecule has 3 heteroatoms. The van der Waals surface area contributed by atoms with E-state index in [1.807, 2.05) is 0 Å². The van der Waals surface area contributed by atoms with Gasteiger partial charge in [0.1, 0.15) is 0 Å². The maximum Gasteiger partial charge on any atom is 0.0599 e. The van der Waals surface area contributed by atoms with Crippen LogP contribution in [0.4, 0.5) is 0 Å². The van der Waals surface area contributed by atoms with Crippen molar-refractivity contribution in [1.29, 1.82) is 0 Å². The summed E-state index contributed by atoms with van der Waals surface area (Å²) in [6.45, 7) is 5.18. The van der Waals surface area contributed by atoms with Gasteiger partial charge in [-0.2, -0.15) is 0 Å². The third-order valence-electron chi connectivity index (χ3n) is 4.59. The fraction of sp³-hybridized carbons (Fsp3) is 0.400. The molecule has 0 bridgehead atoms. The van der Waals surface area contributed by atoms with Crippen LogP contribution in [0, 0.1) is 0 Å². The highest BCUT2D eigenvalue weighted by Gasteiger charge is 2.24. The molecule has 1 N–H and O–H groups in total. The number of rotatable bonds is 5. The number of benzene rings is 2. The zero-order chi connectivity index (χ0) is 15.9. The molecule has 2 aromatic rings. The Morgan fingerprint density at radius 3 is 2.04 bits per heavy atom. The van der Waals surface area contributed by atoms with Crippen molar-refractivity contribution in [1.82, 2.24) is 9.80 Å². The van der Waals surface area contributed by atoms with Gasteiger partial charge in [0, 0.05) is 32.2 Å². The van der Waals surface area contributed by atoms with Crippen LogP contribution < -0.4 is 0 Å². The first-order chi connectivity index (χ1) is 11.3. The molecule has 1 fully saturated rings. The molecule has 3 rings (SSSR count). The Labute approximate surface area is 139 Å². The summed E-state index contributed by atoms with van der Waals surface area (Å²) in [5.41, 5.74) is 2.67. The molecular weight excluding hydrogens is 284 g/mol. The standard InChI is InChI=1S/C20H26N2O/c23-17-20-16-21(14-18-8-3-1-4-9-18)12-7-13-22(20)15-19-10-5-2-6-11-19/h1-6,8-11,20,23H,7,12-17H2/t20-/m1/s1. The van der Waals surface area contributed by atoms with Crippen LogP contribution in [0.15, 0.2) is 60.7 Å². The zero-order valence-corrected chi connectivity index (χ0v) is 13.6. The van der Waals surface area contributed by atoms with Gasteiger partial charge < -0.3 is 5.11 Å². The van der Waals surface area contributed by atoms with Gasteiger partial charge in [0.25, 0.3) is 0 Å². The molecule has 122 valence electrons. The molecule has 1 saturated heterocycles. The molecule has 0 amide bonds. The lowest BCUT2D eigenvalue weighted by atomic mass is 10.1. The number of hydrogen-bond acceptors (Lipinski definition) is 3. The van der Waals surface area contributed by atoms with E-state index in [9.17, 15) is 5.11 Å². The Bertz CT molecular complexity index is 573. The Kier molecular flexibility index (Phi) is 5.81. The van der Waals surface area contributed by atoms with Crippen molar-refractivity contribution in [3.63, 3.8) is 0 Å². The largest absolute Gasteiger partial charge is 0.395 e. The van der Waals surface area contributed by atoms with Crippen LogP contribution in [0.5, 0.6) is 0 Å². The summed E-state index contributed by atoms with van der Waals surface area (Å²) in [6.07, 6.45) is 1.15. The van der Waals surface area contributed by atoms with Gasteiger partial charge in [-0.15, -0.1) is 0 Å². The summed E-state index contributed by atoms with van der Waals surface area (Å²) < 4.78 is 0. The first-order valence-corrected chi connectivity index (χ1v) is 8.50. The van der Waals surface area contributed by atoms with Crippen molar-refractivity contribution < 1.29 is 5.11 Å². The zero-order valence-electron chi connectivity index (χ0n) is 13.6. The molecule has 0 radical (unpaired) electrons. The highest BCUT2D eigenvalue weighted by Crippen LogP contribution is 2.16. The van der Waals surface area contributed by atoms with Crippen molar-refractivity contribution in [2.24, 2.45) is 0 Å². The molecule has 1 heterocycles. The van der Waals surface area contributed by atoms with Crippen LogP contribution in [-0.2, 0) is 13.1 Å². The second-order valence-electron chi connectivity index (χ2n) is 6.37. The normalized spacial score (nSPS) is 20.3. The van der Waals surface area contributed by atoms with Gasteiger partial charge in [-0.25, -0.2) is 0 Å². The van der Waals surface area contributed by atoms with Crippen molar-refractivity contribution in [3.05, 3.63) is 71.8 Å². The topological polar surface area (TPSA) is 26.7 Å². The number of aliphatic hydroxyl groups is 1. The molecular formula is C20H26N2O. The van der Waals surface area contributed by atoms with Crippen molar-refractivity contribution in [3.8, 4) is 0 Å². The van der Waals surface area contributed by atoms with Crippen LogP contribution >= 0.6 is 0 Å². The van der Waals surface area contributed by atoms with Gasteiger partial charge in [0.05, 0.1) is 6.61 Å². The van der Waals surface area contributed by atoms with E-state index < -0.39 is 0 Å². The van der Waals surface area contributed by atoms with Crippen LogP contribution in [0.25, 0.3) is 0 Å². The van der Waals surface area contributed by atoms with E-state index in [4.69, 9.17) is 0 Å². The van der Waals surface area contributed by atoms with Gasteiger partial charge in [-0.05, 0) is 24.1 Å². The molecule has 3 nitrogen and oxygen atoms in total. The first-order valence-electron chi connectivity index (χ1n) is 8.50. The average Bonchev–Trinajstić information content (AvgIpc) is 2.79. The third-order valence-corrected chi connectivity index (χ3v) is 4.59. The van der Waals surface area contributed by atoms with Crippen LogP contribution in [0.2, 0.25) is 0 Å². The summed E-state index contributed by atoms with van der Waals surface area (Å²) in [7, 11) is 0. The Hall–Kier alpha value is -1.68. The number of hydrogen-bond donors (Lipinski definition) is 1. The molecule has 0 spiro atoms. The summed E-state index contributed by atoms with van der Waals surface area (Å²) >= 11 is 0. The lowest BCUT2D eigenvalue weighted by Crippen LogP contribution is -2.42. The Morgan fingerprint density at radius 1 is 0.826 bits per heavy atom. The second-order valence-corrected chi connectivity index (χ2v) is 6.37.